The Labute approximate surface area is 165 Å². The topological polar surface area (TPSA) is 76.1 Å². The van der Waals surface area contributed by atoms with Gasteiger partial charge in [0.25, 0.3) is 5.91 Å². The highest BCUT2D eigenvalue weighted by atomic mass is 16.5. The SMILES string of the molecule is COc1cccc(NC(=O)c2cc(NCCCc3ccccc3)nc(C)n2)c1. The van der Waals surface area contributed by atoms with E-state index in [2.05, 4.69) is 32.7 Å². The predicted molar refractivity (Wildman–Crippen MR) is 111 cm³/mol. The molecule has 2 N–H and O–H groups in total. The summed E-state index contributed by atoms with van der Waals surface area (Å²) in [4.78, 5) is 21.2. The Morgan fingerprint density at radius 2 is 1.86 bits per heavy atom. The zero-order valence-electron chi connectivity index (χ0n) is 16.1. The number of hydrogen-bond acceptors (Lipinski definition) is 5. The predicted octanol–water partition coefficient (Wildman–Crippen LogP) is 4.09. The van der Waals surface area contributed by atoms with Crippen molar-refractivity contribution in [2.24, 2.45) is 0 Å². The molecule has 28 heavy (non-hydrogen) atoms. The molecule has 0 aliphatic heterocycles. The van der Waals surface area contributed by atoms with Gasteiger partial charge in [0.2, 0.25) is 0 Å². The minimum Gasteiger partial charge on any atom is -0.497 e. The summed E-state index contributed by atoms with van der Waals surface area (Å²) in [6.07, 6.45) is 1.96. The van der Waals surface area contributed by atoms with Crippen molar-refractivity contribution in [1.29, 1.82) is 0 Å². The molecule has 2 aromatic carbocycles. The van der Waals surface area contributed by atoms with E-state index in [1.54, 1.807) is 32.2 Å². The van der Waals surface area contributed by atoms with Crippen LogP contribution in [0.25, 0.3) is 0 Å². The van der Waals surface area contributed by atoms with Crippen molar-refractivity contribution >= 4 is 17.4 Å². The number of ether oxygens (including phenoxy) is 1. The lowest BCUT2D eigenvalue weighted by Gasteiger charge is -2.10. The van der Waals surface area contributed by atoms with Gasteiger partial charge in [-0.15, -0.1) is 0 Å². The minimum absolute atomic E-state index is 0.286. The van der Waals surface area contributed by atoms with E-state index in [0.29, 0.717) is 28.8 Å². The monoisotopic (exact) mass is 376 g/mol. The molecular weight excluding hydrogens is 352 g/mol. The number of aromatic nitrogens is 2. The third-order valence-corrected chi connectivity index (χ3v) is 4.19. The first kappa shape index (κ1) is 19.4. The highest BCUT2D eigenvalue weighted by Gasteiger charge is 2.11. The van der Waals surface area contributed by atoms with E-state index in [-0.39, 0.29) is 5.91 Å². The van der Waals surface area contributed by atoms with E-state index >= 15 is 0 Å². The lowest BCUT2D eigenvalue weighted by Crippen LogP contribution is -2.16. The summed E-state index contributed by atoms with van der Waals surface area (Å²) in [6, 6.07) is 19.2. The van der Waals surface area contributed by atoms with Crippen LogP contribution in [0.5, 0.6) is 5.75 Å². The lowest BCUT2D eigenvalue weighted by molar-refractivity contribution is 0.102. The summed E-state index contributed by atoms with van der Waals surface area (Å²) in [5.74, 6) is 1.59. The molecule has 0 aliphatic carbocycles. The van der Waals surface area contributed by atoms with E-state index in [1.165, 1.54) is 5.56 Å². The van der Waals surface area contributed by atoms with E-state index in [4.69, 9.17) is 4.74 Å². The zero-order chi connectivity index (χ0) is 19.8. The Morgan fingerprint density at radius 3 is 2.64 bits per heavy atom. The molecule has 0 aliphatic rings. The summed E-state index contributed by atoms with van der Waals surface area (Å²) in [5, 5.41) is 6.12. The van der Waals surface area contributed by atoms with Crippen LogP contribution in [-0.4, -0.2) is 29.5 Å². The number of methoxy groups -OCH3 is 1. The van der Waals surface area contributed by atoms with Crippen molar-refractivity contribution < 1.29 is 9.53 Å². The average molecular weight is 376 g/mol. The number of carbonyl (C=O) groups excluding carboxylic acids is 1. The number of anilines is 2. The quantitative estimate of drug-likeness (QED) is 0.579. The van der Waals surface area contributed by atoms with Crippen molar-refractivity contribution in [3.8, 4) is 5.75 Å². The molecule has 1 heterocycles. The number of amides is 1. The summed E-state index contributed by atoms with van der Waals surface area (Å²) in [5.41, 5.74) is 2.28. The van der Waals surface area contributed by atoms with Crippen LogP contribution in [0.4, 0.5) is 11.5 Å². The largest absolute Gasteiger partial charge is 0.497 e. The number of nitrogens with one attached hydrogen (secondary N) is 2. The molecule has 0 radical (unpaired) electrons. The molecule has 3 aromatic rings. The fourth-order valence-electron chi connectivity index (χ4n) is 2.82. The van der Waals surface area contributed by atoms with Crippen molar-refractivity contribution in [1.82, 2.24) is 9.97 Å². The van der Waals surface area contributed by atoms with Crippen LogP contribution >= 0.6 is 0 Å². The van der Waals surface area contributed by atoms with Crippen molar-refractivity contribution in [3.63, 3.8) is 0 Å². The molecule has 1 aromatic heterocycles. The summed E-state index contributed by atoms with van der Waals surface area (Å²) in [6.45, 7) is 2.54. The van der Waals surface area contributed by atoms with Gasteiger partial charge in [0.05, 0.1) is 7.11 Å². The number of aryl methyl sites for hydroxylation is 2. The Balaban J connectivity index is 1.59. The summed E-state index contributed by atoms with van der Waals surface area (Å²) in [7, 11) is 1.59. The highest BCUT2D eigenvalue weighted by Crippen LogP contribution is 2.18. The molecule has 0 atom stereocenters. The van der Waals surface area contributed by atoms with Crippen molar-refractivity contribution in [2.75, 3.05) is 24.3 Å². The third kappa shape index (κ3) is 5.54. The van der Waals surface area contributed by atoms with Gasteiger partial charge in [-0.05, 0) is 37.5 Å². The van der Waals surface area contributed by atoms with Gasteiger partial charge in [0, 0.05) is 24.4 Å². The molecule has 0 fully saturated rings. The highest BCUT2D eigenvalue weighted by molar-refractivity contribution is 6.03. The lowest BCUT2D eigenvalue weighted by atomic mass is 10.1. The van der Waals surface area contributed by atoms with Gasteiger partial charge >= 0.3 is 0 Å². The Morgan fingerprint density at radius 1 is 1.04 bits per heavy atom. The molecule has 0 bridgehead atoms. The molecule has 0 saturated carbocycles. The van der Waals surface area contributed by atoms with Gasteiger partial charge in [-0.1, -0.05) is 36.4 Å². The van der Waals surface area contributed by atoms with Gasteiger partial charge in [-0.3, -0.25) is 4.79 Å². The first-order valence-corrected chi connectivity index (χ1v) is 9.23. The van der Waals surface area contributed by atoms with E-state index in [0.717, 1.165) is 19.4 Å². The maximum atomic E-state index is 12.6. The molecule has 6 heteroatoms. The molecule has 1 amide bonds. The maximum absolute atomic E-state index is 12.6. The van der Waals surface area contributed by atoms with E-state index in [9.17, 15) is 4.79 Å². The first-order valence-electron chi connectivity index (χ1n) is 9.23. The Bertz CT molecular complexity index is 929. The normalized spacial score (nSPS) is 10.4. The second-order valence-corrected chi connectivity index (χ2v) is 6.39. The average Bonchev–Trinajstić information content (AvgIpc) is 2.72. The summed E-state index contributed by atoms with van der Waals surface area (Å²) < 4.78 is 5.18. The van der Waals surface area contributed by atoms with Crippen molar-refractivity contribution in [2.45, 2.75) is 19.8 Å². The van der Waals surface area contributed by atoms with Crippen molar-refractivity contribution in [3.05, 3.63) is 77.7 Å². The third-order valence-electron chi connectivity index (χ3n) is 4.19. The number of carbonyl (C=O) groups is 1. The van der Waals surface area contributed by atoms with Crippen LogP contribution in [0.1, 0.15) is 28.3 Å². The molecule has 144 valence electrons. The molecule has 0 spiro atoms. The number of rotatable bonds is 8. The number of nitrogens with zero attached hydrogens (tertiary/aromatic N) is 2. The number of benzene rings is 2. The molecule has 0 saturated heterocycles. The first-order chi connectivity index (χ1) is 13.6. The van der Waals surface area contributed by atoms with Crippen LogP contribution in [0.15, 0.2) is 60.7 Å². The molecule has 3 rings (SSSR count). The molecule has 0 unspecified atom stereocenters. The van der Waals surface area contributed by atoms with E-state index in [1.807, 2.05) is 30.3 Å². The molecule has 6 nitrogen and oxygen atoms in total. The van der Waals surface area contributed by atoms with Gasteiger partial charge in [-0.2, -0.15) is 0 Å². The second kappa shape index (κ2) is 9.50. The zero-order valence-corrected chi connectivity index (χ0v) is 16.1. The van der Waals surface area contributed by atoms with Crippen LogP contribution in [0.2, 0.25) is 0 Å². The maximum Gasteiger partial charge on any atom is 0.274 e. The molecular formula is C22H24N4O2. The van der Waals surface area contributed by atoms with Crippen LogP contribution in [0, 0.1) is 6.92 Å². The fraction of sp³-hybridized carbons (Fsp3) is 0.227. The number of hydrogen-bond donors (Lipinski definition) is 2. The van der Waals surface area contributed by atoms with Gasteiger partial charge in [0.1, 0.15) is 23.1 Å². The van der Waals surface area contributed by atoms with Crippen LogP contribution in [0.3, 0.4) is 0 Å². The van der Waals surface area contributed by atoms with Gasteiger partial charge in [0.15, 0.2) is 0 Å². The van der Waals surface area contributed by atoms with E-state index < -0.39 is 0 Å². The van der Waals surface area contributed by atoms with Gasteiger partial charge in [-0.25, -0.2) is 9.97 Å². The fourth-order valence-corrected chi connectivity index (χ4v) is 2.82. The van der Waals surface area contributed by atoms with Gasteiger partial charge < -0.3 is 15.4 Å². The standard InChI is InChI=1S/C22H24N4O2/c1-16-24-20(22(27)26-18-11-6-12-19(14-18)28-2)15-21(25-16)23-13-7-10-17-8-4-3-5-9-17/h3-6,8-9,11-12,14-15H,7,10,13H2,1-2H3,(H,26,27)(H,23,24,25). The smallest absolute Gasteiger partial charge is 0.274 e. The summed E-state index contributed by atoms with van der Waals surface area (Å²) >= 11 is 0. The Hall–Kier alpha value is -3.41. The minimum atomic E-state index is -0.286. The second-order valence-electron chi connectivity index (χ2n) is 6.39. The van der Waals surface area contributed by atoms with Crippen LogP contribution < -0.4 is 15.4 Å². The van der Waals surface area contributed by atoms with Crippen LogP contribution in [-0.2, 0) is 6.42 Å². The Kier molecular flexibility index (Phi) is 6.57.